The Morgan fingerprint density at radius 3 is 2.17 bits per heavy atom. The molecule has 0 radical (unpaired) electrons. The third kappa shape index (κ3) is 4.63. The number of nitrogens with zero attached hydrogens (tertiary/aromatic N) is 1. The fourth-order valence-corrected chi connectivity index (χ4v) is 4.40. The van der Waals surface area contributed by atoms with E-state index in [2.05, 4.69) is 0 Å². The van der Waals surface area contributed by atoms with Crippen LogP contribution in [0, 0.1) is 0 Å². The van der Waals surface area contributed by atoms with Crippen LogP contribution in [0.3, 0.4) is 0 Å². The first-order valence-corrected chi connectivity index (χ1v) is 10.9. The molecule has 0 N–H and O–H groups in total. The number of para-hydroxylation sites is 1. The average molecular weight is 426 g/mol. The largest absolute Gasteiger partial charge is 0.497 e. The minimum atomic E-state index is -4.13. The molecule has 0 spiro atoms. The summed E-state index contributed by atoms with van der Waals surface area (Å²) in [5.41, 5.74) is 1.14. The summed E-state index contributed by atoms with van der Waals surface area (Å²) in [5, 5.41) is 0. The number of hydrogen-bond donors (Lipinski definition) is 0. The molecule has 0 fully saturated rings. The maximum Gasteiger partial charge on any atom is 0.278 e. The standard InChI is InChI=1S/C23H23NO5S/c1-3-18-9-7-8-12-22(18)29-17-23(25)24(19-13-15-20(28-2)16-14-19)30(26,27)21-10-5-4-6-11-21/h4-16H,3,17H2,1-2H3. The van der Waals surface area contributed by atoms with Crippen LogP contribution < -0.4 is 13.8 Å². The molecule has 0 aromatic heterocycles. The Balaban J connectivity index is 1.95. The molecule has 156 valence electrons. The topological polar surface area (TPSA) is 72.9 Å². The highest BCUT2D eigenvalue weighted by atomic mass is 32.2. The summed E-state index contributed by atoms with van der Waals surface area (Å²) >= 11 is 0. The summed E-state index contributed by atoms with van der Waals surface area (Å²) in [6.07, 6.45) is 0.731. The molecule has 0 aliphatic carbocycles. The number of aryl methyl sites for hydroxylation is 1. The molecule has 3 aromatic carbocycles. The van der Waals surface area contributed by atoms with Gasteiger partial charge in [-0.25, -0.2) is 8.42 Å². The molecule has 0 unspecified atom stereocenters. The smallest absolute Gasteiger partial charge is 0.278 e. The van der Waals surface area contributed by atoms with Crippen molar-refractivity contribution in [3.63, 3.8) is 0 Å². The third-order valence-corrected chi connectivity index (χ3v) is 6.28. The van der Waals surface area contributed by atoms with E-state index in [4.69, 9.17) is 9.47 Å². The Morgan fingerprint density at radius 1 is 0.900 bits per heavy atom. The molecule has 0 aliphatic heterocycles. The zero-order valence-electron chi connectivity index (χ0n) is 16.8. The minimum Gasteiger partial charge on any atom is -0.497 e. The Morgan fingerprint density at radius 2 is 1.53 bits per heavy atom. The van der Waals surface area contributed by atoms with Gasteiger partial charge in [0.15, 0.2) is 6.61 Å². The third-order valence-electron chi connectivity index (χ3n) is 4.52. The lowest BCUT2D eigenvalue weighted by atomic mass is 10.1. The van der Waals surface area contributed by atoms with Crippen LogP contribution in [0.25, 0.3) is 0 Å². The monoisotopic (exact) mass is 425 g/mol. The lowest BCUT2D eigenvalue weighted by Gasteiger charge is -2.23. The molecule has 0 saturated heterocycles. The lowest BCUT2D eigenvalue weighted by Crippen LogP contribution is -2.40. The van der Waals surface area contributed by atoms with Crippen LogP contribution in [0.2, 0.25) is 0 Å². The van der Waals surface area contributed by atoms with E-state index in [1.165, 1.54) is 31.4 Å². The van der Waals surface area contributed by atoms with Gasteiger partial charge in [-0.05, 0) is 54.4 Å². The number of anilines is 1. The molecule has 1 amide bonds. The number of benzene rings is 3. The quantitative estimate of drug-likeness (QED) is 0.544. The zero-order chi connectivity index (χ0) is 21.6. The molecular formula is C23H23NO5S. The van der Waals surface area contributed by atoms with Crippen LogP contribution >= 0.6 is 0 Å². The normalized spacial score (nSPS) is 11.0. The highest BCUT2D eigenvalue weighted by Crippen LogP contribution is 2.27. The van der Waals surface area contributed by atoms with Crippen molar-refractivity contribution in [1.82, 2.24) is 0 Å². The number of ether oxygens (including phenoxy) is 2. The number of hydrogen-bond acceptors (Lipinski definition) is 5. The first kappa shape index (κ1) is 21.4. The predicted molar refractivity (Wildman–Crippen MR) is 115 cm³/mol. The summed E-state index contributed by atoms with van der Waals surface area (Å²) in [5.74, 6) is 0.409. The van der Waals surface area contributed by atoms with Crippen LogP contribution in [0.5, 0.6) is 11.5 Å². The van der Waals surface area contributed by atoms with E-state index in [-0.39, 0.29) is 10.6 Å². The van der Waals surface area contributed by atoms with Crippen molar-refractivity contribution in [3.8, 4) is 11.5 Å². The predicted octanol–water partition coefficient (Wildman–Crippen LogP) is 4.06. The zero-order valence-corrected chi connectivity index (χ0v) is 17.6. The van der Waals surface area contributed by atoms with Gasteiger partial charge in [-0.1, -0.05) is 43.3 Å². The SMILES string of the molecule is CCc1ccccc1OCC(=O)N(c1ccc(OC)cc1)S(=O)(=O)c1ccccc1. The van der Waals surface area contributed by atoms with Gasteiger partial charge in [0.25, 0.3) is 15.9 Å². The lowest BCUT2D eigenvalue weighted by molar-refractivity contribution is -0.119. The van der Waals surface area contributed by atoms with Crippen LogP contribution in [0.4, 0.5) is 5.69 Å². The number of rotatable bonds is 8. The number of sulfonamides is 1. The summed E-state index contributed by atoms with van der Waals surface area (Å²) in [4.78, 5) is 13.1. The molecular weight excluding hydrogens is 402 g/mol. The summed E-state index contributed by atoms with van der Waals surface area (Å²) < 4.78 is 38.2. The van der Waals surface area contributed by atoms with Gasteiger partial charge in [-0.3, -0.25) is 4.79 Å². The molecule has 0 bridgehead atoms. The van der Waals surface area contributed by atoms with Crippen LogP contribution in [0.1, 0.15) is 12.5 Å². The second-order valence-corrected chi connectivity index (χ2v) is 8.21. The summed E-state index contributed by atoms with van der Waals surface area (Å²) in [6, 6.07) is 21.4. The summed E-state index contributed by atoms with van der Waals surface area (Å²) in [7, 11) is -2.62. The molecule has 0 aliphatic rings. The fraction of sp³-hybridized carbons (Fsp3) is 0.174. The second-order valence-electron chi connectivity index (χ2n) is 6.42. The average Bonchev–Trinajstić information content (AvgIpc) is 2.79. The van der Waals surface area contributed by atoms with E-state index in [1.54, 1.807) is 42.5 Å². The second kappa shape index (κ2) is 9.45. The molecule has 30 heavy (non-hydrogen) atoms. The van der Waals surface area contributed by atoms with Gasteiger partial charge in [0, 0.05) is 0 Å². The number of carbonyl (C=O) groups excluding carboxylic acids is 1. The number of carbonyl (C=O) groups is 1. The molecule has 3 aromatic rings. The van der Waals surface area contributed by atoms with Gasteiger partial charge < -0.3 is 9.47 Å². The van der Waals surface area contributed by atoms with Gasteiger partial charge in [0.2, 0.25) is 0 Å². The molecule has 0 saturated carbocycles. The molecule has 7 heteroatoms. The van der Waals surface area contributed by atoms with Crippen LogP contribution in [-0.2, 0) is 21.2 Å². The van der Waals surface area contributed by atoms with Crippen molar-refractivity contribution < 1.29 is 22.7 Å². The van der Waals surface area contributed by atoms with E-state index in [0.717, 1.165) is 16.3 Å². The first-order chi connectivity index (χ1) is 14.5. The van der Waals surface area contributed by atoms with E-state index in [1.807, 2.05) is 19.1 Å². The molecule has 3 rings (SSSR count). The molecule has 6 nitrogen and oxygen atoms in total. The molecule has 0 atom stereocenters. The van der Waals surface area contributed by atoms with E-state index < -0.39 is 22.5 Å². The van der Waals surface area contributed by atoms with Gasteiger partial charge in [-0.2, -0.15) is 4.31 Å². The minimum absolute atomic E-state index is 0.0168. The highest BCUT2D eigenvalue weighted by molar-refractivity contribution is 7.93. The van der Waals surface area contributed by atoms with Crippen molar-refractivity contribution >= 4 is 21.6 Å². The van der Waals surface area contributed by atoms with Gasteiger partial charge in [0.1, 0.15) is 11.5 Å². The highest BCUT2D eigenvalue weighted by Gasteiger charge is 2.31. The summed E-state index contributed by atoms with van der Waals surface area (Å²) in [6.45, 7) is 1.56. The fourth-order valence-electron chi connectivity index (χ4n) is 2.97. The van der Waals surface area contributed by atoms with Crippen molar-refractivity contribution in [2.75, 3.05) is 18.0 Å². The Labute approximate surface area is 176 Å². The van der Waals surface area contributed by atoms with Gasteiger partial charge >= 0.3 is 0 Å². The van der Waals surface area contributed by atoms with Crippen molar-refractivity contribution in [2.45, 2.75) is 18.2 Å². The van der Waals surface area contributed by atoms with Crippen molar-refractivity contribution in [1.29, 1.82) is 0 Å². The van der Waals surface area contributed by atoms with Crippen LogP contribution in [0.15, 0.2) is 83.8 Å². The Hall–Kier alpha value is -3.32. The maximum atomic E-state index is 13.3. The van der Waals surface area contributed by atoms with Crippen molar-refractivity contribution in [3.05, 3.63) is 84.4 Å². The Bertz CT molecular complexity index is 1100. The number of amides is 1. The van der Waals surface area contributed by atoms with Gasteiger partial charge in [0.05, 0.1) is 17.7 Å². The first-order valence-electron chi connectivity index (χ1n) is 9.45. The maximum absolute atomic E-state index is 13.3. The van der Waals surface area contributed by atoms with E-state index in [0.29, 0.717) is 11.5 Å². The van der Waals surface area contributed by atoms with E-state index in [9.17, 15) is 13.2 Å². The number of methoxy groups -OCH3 is 1. The van der Waals surface area contributed by atoms with E-state index >= 15 is 0 Å². The van der Waals surface area contributed by atoms with Gasteiger partial charge in [-0.15, -0.1) is 0 Å². The Kier molecular flexibility index (Phi) is 6.74. The molecule has 0 heterocycles. The van der Waals surface area contributed by atoms with Crippen molar-refractivity contribution in [2.24, 2.45) is 0 Å². The van der Waals surface area contributed by atoms with Crippen LogP contribution in [-0.4, -0.2) is 28.0 Å².